The highest BCUT2D eigenvalue weighted by Gasteiger charge is 2.72. The first-order valence-electron chi connectivity index (χ1n) is 13.5. The van der Waals surface area contributed by atoms with Crippen molar-refractivity contribution in [2.24, 2.45) is 28.6 Å². The Balaban J connectivity index is 1.58. The Morgan fingerprint density at radius 1 is 0.690 bits per heavy atom. The molecule has 0 aromatic carbocycles. The fourth-order valence-corrected chi connectivity index (χ4v) is 8.37. The van der Waals surface area contributed by atoms with Crippen LogP contribution in [-0.4, -0.2) is 23.0 Å². The lowest BCUT2D eigenvalue weighted by molar-refractivity contribution is -0.0483. The van der Waals surface area contributed by atoms with Crippen molar-refractivity contribution in [2.75, 3.05) is 6.54 Å². The van der Waals surface area contributed by atoms with Gasteiger partial charge in [0.2, 0.25) is 0 Å². The summed E-state index contributed by atoms with van der Waals surface area (Å²) >= 11 is 0. The Bertz CT molecular complexity index is 547. The molecule has 0 N–H and O–H groups in total. The highest BCUT2D eigenvalue weighted by Crippen LogP contribution is 2.71. The summed E-state index contributed by atoms with van der Waals surface area (Å²) in [5.41, 5.74) is 1.67. The summed E-state index contributed by atoms with van der Waals surface area (Å²) in [7, 11) is 0. The summed E-state index contributed by atoms with van der Waals surface area (Å²) < 4.78 is 0. The normalized spacial score (nSPS) is 47.1. The molecule has 2 aliphatic carbocycles. The Labute approximate surface area is 182 Å². The van der Waals surface area contributed by atoms with Crippen molar-refractivity contribution >= 4 is 0 Å². The Morgan fingerprint density at radius 2 is 1.38 bits per heavy atom. The second-order valence-electron chi connectivity index (χ2n) is 13.1. The van der Waals surface area contributed by atoms with Gasteiger partial charge in [0.05, 0.1) is 0 Å². The van der Waals surface area contributed by atoms with E-state index in [2.05, 4.69) is 39.5 Å². The second-order valence-corrected chi connectivity index (χ2v) is 13.1. The minimum Gasteiger partial charge on any atom is -0.294 e. The average molecular weight is 402 g/mol. The average Bonchev–Trinajstić information content (AvgIpc) is 3.25. The predicted octanol–water partition coefficient (Wildman–Crippen LogP) is 8.22. The van der Waals surface area contributed by atoms with Crippen LogP contribution in [0.1, 0.15) is 131 Å². The summed E-state index contributed by atoms with van der Waals surface area (Å²) in [5, 5.41) is 0. The molecular weight excluding hydrogens is 350 g/mol. The predicted molar refractivity (Wildman–Crippen MR) is 126 cm³/mol. The number of hydrogen-bond donors (Lipinski definition) is 0. The van der Waals surface area contributed by atoms with Crippen LogP contribution in [0.5, 0.6) is 0 Å². The van der Waals surface area contributed by atoms with E-state index in [1.165, 1.54) is 103 Å². The summed E-state index contributed by atoms with van der Waals surface area (Å²) in [6.45, 7) is 14.3. The molecule has 0 aromatic heterocycles. The quantitative estimate of drug-likeness (QED) is 0.395. The van der Waals surface area contributed by atoms with Gasteiger partial charge in [-0.25, -0.2) is 0 Å². The first-order chi connectivity index (χ1) is 13.8. The van der Waals surface area contributed by atoms with Crippen molar-refractivity contribution < 1.29 is 0 Å². The van der Waals surface area contributed by atoms with Crippen LogP contribution in [-0.2, 0) is 0 Å². The summed E-state index contributed by atoms with van der Waals surface area (Å²) in [6, 6.07) is 0.889. The minimum absolute atomic E-state index is 0.508. The van der Waals surface area contributed by atoms with Crippen molar-refractivity contribution in [3.8, 4) is 0 Å². The molecule has 2 saturated carbocycles. The molecule has 4 aliphatic rings. The van der Waals surface area contributed by atoms with Crippen LogP contribution in [0.4, 0.5) is 0 Å². The van der Waals surface area contributed by atoms with Crippen LogP contribution in [0.3, 0.4) is 0 Å². The zero-order chi connectivity index (χ0) is 20.7. The first-order valence-corrected chi connectivity index (χ1v) is 13.5. The van der Waals surface area contributed by atoms with E-state index in [9.17, 15) is 0 Å². The monoisotopic (exact) mass is 401 g/mol. The molecule has 6 unspecified atom stereocenters. The minimum atomic E-state index is 0.508. The van der Waals surface area contributed by atoms with Gasteiger partial charge in [-0.15, -0.1) is 0 Å². The third-order valence-electron chi connectivity index (χ3n) is 10.5. The Hall–Kier alpha value is -0.0400. The number of rotatable bonds is 0. The van der Waals surface area contributed by atoms with Gasteiger partial charge in [-0.1, -0.05) is 79.1 Å². The van der Waals surface area contributed by atoms with Crippen LogP contribution in [0.25, 0.3) is 0 Å². The largest absolute Gasteiger partial charge is 0.294 e. The van der Waals surface area contributed by atoms with Crippen molar-refractivity contribution in [3.63, 3.8) is 0 Å². The summed E-state index contributed by atoms with van der Waals surface area (Å²) in [4.78, 5) is 3.11. The van der Waals surface area contributed by atoms with Gasteiger partial charge < -0.3 is 0 Å². The molecule has 1 heteroatoms. The van der Waals surface area contributed by atoms with Gasteiger partial charge in [0.25, 0.3) is 0 Å². The molecule has 0 spiro atoms. The van der Waals surface area contributed by atoms with Crippen molar-refractivity contribution in [2.45, 2.75) is 143 Å². The number of piperidine rings is 1. The molecule has 0 radical (unpaired) electrons. The van der Waals surface area contributed by atoms with E-state index < -0.39 is 0 Å². The van der Waals surface area contributed by atoms with E-state index in [0.717, 1.165) is 23.8 Å². The lowest BCUT2D eigenvalue weighted by Crippen LogP contribution is -2.58. The lowest BCUT2D eigenvalue weighted by atomic mass is 9.65. The van der Waals surface area contributed by atoms with Crippen LogP contribution in [0.2, 0.25) is 0 Å². The van der Waals surface area contributed by atoms with Gasteiger partial charge in [-0.2, -0.15) is 0 Å². The standard InChI is InChI=1S/C28H51N/c1-22-13-7-6-8-15-23-24(16-11-14-22)27(4)21-28(27,5)29-20-12-19-26(2,3)18-10-9-17-25(23)29/h22-25H,6-21H2,1-5H3. The first kappa shape index (κ1) is 22.2. The molecule has 6 atom stereocenters. The third-order valence-corrected chi connectivity index (χ3v) is 10.5. The Morgan fingerprint density at radius 3 is 2.21 bits per heavy atom. The van der Waals surface area contributed by atoms with Crippen LogP contribution >= 0.6 is 0 Å². The smallest absolute Gasteiger partial charge is 0.0247 e. The molecule has 4 fully saturated rings. The van der Waals surface area contributed by atoms with E-state index in [0.29, 0.717) is 16.4 Å². The van der Waals surface area contributed by atoms with Gasteiger partial charge in [0, 0.05) is 11.6 Å². The fraction of sp³-hybridized carbons (Fsp3) is 1.00. The van der Waals surface area contributed by atoms with E-state index in [4.69, 9.17) is 0 Å². The maximum Gasteiger partial charge on any atom is 0.0247 e. The van der Waals surface area contributed by atoms with Gasteiger partial charge >= 0.3 is 0 Å². The molecule has 1 nitrogen and oxygen atoms in total. The third kappa shape index (κ3) is 4.33. The van der Waals surface area contributed by atoms with Gasteiger partial charge in [0.1, 0.15) is 0 Å². The van der Waals surface area contributed by atoms with E-state index in [1.807, 2.05) is 0 Å². The maximum absolute atomic E-state index is 3.11. The highest BCUT2D eigenvalue weighted by molar-refractivity contribution is 5.25. The summed E-state index contributed by atoms with van der Waals surface area (Å²) in [6.07, 6.45) is 22.2. The molecule has 29 heavy (non-hydrogen) atoms. The number of hydrogen-bond acceptors (Lipinski definition) is 1. The molecule has 4 rings (SSSR count). The van der Waals surface area contributed by atoms with Crippen LogP contribution < -0.4 is 0 Å². The zero-order valence-corrected chi connectivity index (χ0v) is 20.6. The molecular formula is C28H51N. The second kappa shape index (κ2) is 8.48. The van der Waals surface area contributed by atoms with Crippen LogP contribution in [0, 0.1) is 28.6 Å². The SMILES string of the molecule is CC1CCCCCC2C3CCCCC(C)(C)CCCN3C3(C)CC3(C)C2CCC1. The highest BCUT2D eigenvalue weighted by atomic mass is 15.3. The van der Waals surface area contributed by atoms with E-state index in [1.54, 1.807) is 0 Å². The fourth-order valence-electron chi connectivity index (χ4n) is 8.37. The molecule has 0 bridgehead atoms. The number of fused-ring (bicyclic) bond motifs is 6. The Kier molecular flexibility index (Phi) is 6.48. The van der Waals surface area contributed by atoms with E-state index >= 15 is 0 Å². The van der Waals surface area contributed by atoms with Gasteiger partial charge in [-0.05, 0) is 87.0 Å². The van der Waals surface area contributed by atoms with Gasteiger partial charge in [-0.3, -0.25) is 4.90 Å². The number of nitrogens with zero attached hydrogens (tertiary/aromatic N) is 1. The lowest BCUT2D eigenvalue weighted by Gasteiger charge is -2.53. The van der Waals surface area contributed by atoms with Crippen molar-refractivity contribution in [3.05, 3.63) is 0 Å². The molecule has 168 valence electrons. The molecule has 0 aromatic rings. The topological polar surface area (TPSA) is 3.24 Å². The van der Waals surface area contributed by atoms with Crippen molar-refractivity contribution in [1.29, 1.82) is 0 Å². The maximum atomic E-state index is 3.11. The molecule has 0 amide bonds. The van der Waals surface area contributed by atoms with Crippen LogP contribution in [0.15, 0.2) is 0 Å². The van der Waals surface area contributed by atoms with Gasteiger partial charge in [0.15, 0.2) is 0 Å². The molecule has 2 aliphatic heterocycles. The molecule has 2 heterocycles. The zero-order valence-electron chi connectivity index (χ0n) is 20.6. The van der Waals surface area contributed by atoms with Crippen molar-refractivity contribution in [1.82, 2.24) is 4.90 Å². The van der Waals surface area contributed by atoms with E-state index in [-0.39, 0.29) is 0 Å². The molecule has 2 saturated heterocycles. The summed E-state index contributed by atoms with van der Waals surface area (Å²) in [5.74, 6) is 2.94.